The van der Waals surface area contributed by atoms with Crippen LogP contribution in [-0.4, -0.2) is 31.7 Å². The van der Waals surface area contributed by atoms with Gasteiger partial charge in [0.1, 0.15) is 5.52 Å². The maximum absolute atomic E-state index is 11.4. The molecule has 4 aromatic rings. The number of aromatic nitrogens is 3. The molecule has 0 fully saturated rings. The fourth-order valence-electron chi connectivity index (χ4n) is 4.94. The van der Waals surface area contributed by atoms with Crippen LogP contribution in [0.25, 0.3) is 33.7 Å². The number of carbonyl (C=O) groups is 1. The summed E-state index contributed by atoms with van der Waals surface area (Å²) in [5, 5.41) is 12.9. The highest BCUT2D eigenvalue weighted by molar-refractivity contribution is 5.87. The van der Waals surface area contributed by atoms with Crippen LogP contribution >= 0.6 is 0 Å². The lowest BCUT2D eigenvalue weighted by molar-refractivity contribution is -0.142. The molecule has 6 heteroatoms. The summed E-state index contributed by atoms with van der Waals surface area (Å²) in [5.74, 6) is -0.922. The van der Waals surface area contributed by atoms with Gasteiger partial charge in [-0.3, -0.25) is 4.79 Å². The first-order chi connectivity index (χ1) is 18.8. The number of aliphatic carboxylic acids is 1. The van der Waals surface area contributed by atoms with Gasteiger partial charge in [0, 0.05) is 42.0 Å². The van der Waals surface area contributed by atoms with Crippen molar-refractivity contribution >= 4 is 17.1 Å². The molecule has 4 rings (SSSR count). The molecule has 2 aromatic carbocycles. The van der Waals surface area contributed by atoms with E-state index in [4.69, 9.17) is 9.97 Å². The molecule has 0 spiro atoms. The number of carboxylic acids is 1. The molecule has 206 valence electrons. The number of rotatable bonds is 13. The predicted molar refractivity (Wildman–Crippen MR) is 160 cm³/mol. The Kier molecular flexibility index (Phi) is 9.52. The van der Waals surface area contributed by atoms with Gasteiger partial charge >= 0.3 is 5.97 Å². The highest BCUT2D eigenvalue weighted by Gasteiger charge is 2.19. The van der Waals surface area contributed by atoms with Crippen LogP contribution in [0.4, 0.5) is 0 Å². The van der Waals surface area contributed by atoms with E-state index < -0.39 is 5.97 Å². The van der Waals surface area contributed by atoms with Crippen LogP contribution in [0, 0.1) is 19.8 Å². The van der Waals surface area contributed by atoms with E-state index in [1.54, 1.807) is 0 Å². The number of hydrogen-bond donors (Lipinski definition) is 2. The Hall–Kier alpha value is -3.51. The van der Waals surface area contributed by atoms with Crippen molar-refractivity contribution in [2.75, 3.05) is 0 Å². The van der Waals surface area contributed by atoms with E-state index in [9.17, 15) is 9.90 Å². The minimum absolute atomic E-state index is 0.241. The van der Waals surface area contributed by atoms with E-state index in [0.717, 1.165) is 78.0 Å². The summed E-state index contributed by atoms with van der Waals surface area (Å²) in [6, 6.07) is 17.4. The molecular weight excluding hydrogens is 484 g/mol. The molecule has 6 nitrogen and oxygen atoms in total. The van der Waals surface area contributed by atoms with Crippen molar-refractivity contribution in [2.45, 2.75) is 85.9 Å². The van der Waals surface area contributed by atoms with Gasteiger partial charge in [-0.25, -0.2) is 9.97 Å². The van der Waals surface area contributed by atoms with Gasteiger partial charge in [-0.05, 0) is 33.1 Å². The van der Waals surface area contributed by atoms with Crippen LogP contribution in [0.2, 0.25) is 0 Å². The van der Waals surface area contributed by atoms with Gasteiger partial charge in [-0.2, -0.15) is 0 Å². The lowest BCUT2D eigenvalue weighted by Gasteiger charge is -2.12. The quantitative estimate of drug-likeness (QED) is 0.176. The molecular formula is C33H42N4O2. The van der Waals surface area contributed by atoms with E-state index in [1.807, 2.05) is 6.92 Å². The zero-order valence-corrected chi connectivity index (χ0v) is 24.0. The maximum Gasteiger partial charge on any atom is 0.306 e. The summed E-state index contributed by atoms with van der Waals surface area (Å²) in [6.07, 6.45) is 6.50. The number of nitrogens with zero attached hydrogens (tertiary/aromatic N) is 3. The Morgan fingerprint density at radius 3 is 2.03 bits per heavy atom. The van der Waals surface area contributed by atoms with Gasteiger partial charge < -0.3 is 15.0 Å². The Morgan fingerprint density at radius 2 is 1.49 bits per heavy atom. The van der Waals surface area contributed by atoms with E-state index in [1.165, 1.54) is 11.1 Å². The van der Waals surface area contributed by atoms with Crippen LogP contribution in [0.5, 0.6) is 0 Å². The smallest absolute Gasteiger partial charge is 0.306 e. The second-order valence-electron chi connectivity index (χ2n) is 11.0. The summed E-state index contributed by atoms with van der Waals surface area (Å²) in [5.41, 5.74) is 9.31. The second-order valence-corrected chi connectivity index (χ2v) is 11.0. The molecule has 0 aliphatic rings. The average molecular weight is 527 g/mol. The van der Waals surface area contributed by atoms with Crippen molar-refractivity contribution < 1.29 is 9.90 Å². The van der Waals surface area contributed by atoms with Gasteiger partial charge in [-0.15, -0.1) is 0 Å². The molecule has 0 amide bonds. The number of aryl methyl sites for hydroxylation is 3. The highest BCUT2D eigenvalue weighted by Crippen LogP contribution is 2.33. The van der Waals surface area contributed by atoms with Crippen molar-refractivity contribution in [1.29, 1.82) is 0 Å². The molecule has 0 aliphatic carbocycles. The first-order valence-corrected chi connectivity index (χ1v) is 14.3. The maximum atomic E-state index is 11.4. The molecule has 2 N–H and O–H groups in total. The molecule has 2 heterocycles. The van der Waals surface area contributed by atoms with E-state index >= 15 is 0 Å². The van der Waals surface area contributed by atoms with Crippen molar-refractivity contribution in [3.05, 3.63) is 71.4 Å². The SMILES string of the molecule is CCC(CCCCCn1cc(CNC(C)C)c2nc(-c3ccc(C)cc3)c(-c3ccc(C)cc3)nc21)C(=O)O. The van der Waals surface area contributed by atoms with Crippen LogP contribution in [0.15, 0.2) is 54.7 Å². The monoisotopic (exact) mass is 526 g/mol. The van der Waals surface area contributed by atoms with Crippen LogP contribution in [-0.2, 0) is 17.9 Å². The van der Waals surface area contributed by atoms with Crippen molar-refractivity contribution in [3.8, 4) is 22.5 Å². The third kappa shape index (κ3) is 7.12. The van der Waals surface area contributed by atoms with Gasteiger partial charge in [0.15, 0.2) is 5.65 Å². The van der Waals surface area contributed by atoms with Crippen molar-refractivity contribution in [2.24, 2.45) is 5.92 Å². The number of carboxylic acid groups (broad SMARTS) is 1. The average Bonchev–Trinajstić information content (AvgIpc) is 3.26. The number of unbranched alkanes of at least 4 members (excludes halogenated alkanes) is 2. The Morgan fingerprint density at radius 1 is 0.897 bits per heavy atom. The van der Waals surface area contributed by atoms with E-state index in [2.05, 4.69) is 92.3 Å². The third-order valence-corrected chi connectivity index (χ3v) is 7.41. The van der Waals surface area contributed by atoms with Crippen molar-refractivity contribution in [3.63, 3.8) is 0 Å². The minimum Gasteiger partial charge on any atom is -0.481 e. The fraction of sp³-hybridized carbons (Fsp3) is 0.424. The normalized spacial score (nSPS) is 12.4. The third-order valence-electron chi connectivity index (χ3n) is 7.41. The molecule has 39 heavy (non-hydrogen) atoms. The van der Waals surface area contributed by atoms with Crippen LogP contribution in [0.1, 0.15) is 69.6 Å². The summed E-state index contributed by atoms with van der Waals surface area (Å²) < 4.78 is 2.24. The summed E-state index contributed by atoms with van der Waals surface area (Å²) in [7, 11) is 0. The second kappa shape index (κ2) is 13.0. The van der Waals surface area contributed by atoms with Gasteiger partial charge in [0.2, 0.25) is 0 Å². The number of benzene rings is 2. The largest absolute Gasteiger partial charge is 0.481 e. The molecule has 2 aromatic heterocycles. The number of fused-ring (bicyclic) bond motifs is 1. The van der Waals surface area contributed by atoms with Crippen LogP contribution in [0.3, 0.4) is 0 Å². The fourth-order valence-corrected chi connectivity index (χ4v) is 4.94. The predicted octanol–water partition coefficient (Wildman–Crippen LogP) is 7.55. The molecule has 1 atom stereocenters. The van der Waals surface area contributed by atoms with E-state index in [-0.39, 0.29) is 5.92 Å². The summed E-state index contributed by atoms with van der Waals surface area (Å²) in [6.45, 7) is 12.0. The summed E-state index contributed by atoms with van der Waals surface area (Å²) in [4.78, 5) is 21.9. The Balaban J connectivity index is 1.72. The summed E-state index contributed by atoms with van der Waals surface area (Å²) >= 11 is 0. The molecule has 0 bridgehead atoms. The Bertz CT molecular complexity index is 1390. The van der Waals surface area contributed by atoms with Gasteiger partial charge in [0.05, 0.1) is 17.3 Å². The van der Waals surface area contributed by atoms with Crippen LogP contribution < -0.4 is 5.32 Å². The van der Waals surface area contributed by atoms with Gasteiger partial charge in [0.25, 0.3) is 0 Å². The van der Waals surface area contributed by atoms with E-state index in [0.29, 0.717) is 12.5 Å². The molecule has 0 radical (unpaired) electrons. The molecule has 1 unspecified atom stereocenters. The lowest BCUT2D eigenvalue weighted by Crippen LogP contribution is -2.21. The topological polar surface area (TPSA) is 80.0 Å². The zero-order valence-electron chi connectivity index (χ0n) is 24.0. The number of nitrogens with one attached hydrogen (secondary N) is 1. The first kappa shape index (κ1) is 28.5. The molecule has 0 saturated heterocycles. The molecule has 0 aliphatic heterocycles. The highest BCUT2D eigenvalue weighted by atomic mass is 16.4. The van der Waals surface area contributed by atoms with Crippen molar-refractivity contribution in [1.82, 2.24) is 19.9 Å². The lowest BCUT2D eigenvalue weighted by atomic mass is 9.99. The number of hydrogen-bond acceptors (Lipinski definition) is 4. The zero-order chi connectivity index (χ0) is 27.9. The first-order valence-electron chi connectivity index (χ1n) is 14.3. The standard InChI is InChI=1S/C33H42N4O2/c1-6-25(33(38)39)10-8-7-9-19-37-21-28(20-34-22(2)3)31-32(37)36-30(27-17-13-24(5)14-18-27)29(35-31)26-15-11-23(4)12-16-26/h11-18,21-22,25,34H,6-10,19-20H2,1-5H3,(H,38,39). The Labute approximate surface area is 232 Å². The molecule has 0 saturated carbocycles. The van der Waals surface area contributed by atoms with Gasteiger partial charge in [-0.1, -0.05) is 93.3 Å². The minimum atomic E-state index is -0.681.